The Labute approximate surface area is 133 Å². The molecule has 0 saturated carbocycles. The van der Waals surface area contributed by atoms with E-state index in [9.17, 15) is 25.0 Å². The van der Waals surface area contributed by atoms with Gasteiger partial charge >= 0.3 is 17.3 Å². The summed E-state index contributed by atoms with van der Waals surface area (Å²) in [5, 5.41) is 22.7. The molecule has 9 heteroatoms. The van der Waals surface area contributed by atoms with Crippen LogP contribution in [-0.4, -0.2) is 35.0 Å². The van der Waals surface area contributed by atoms with Crippen molar-refractivity contribution in [2.24, 2.45) is 0 Å². The van der Waals surface area contributed by atoms with Gasteiger partial charge in [0.05, 0.1) is 21.5 Å². The molecule has 0 unspecified atom stereocenters. The molecule has 0 amide bonds. The molecule has 126 valence electrons. The Morgan fingerprint density at radius 2 is 1.57 bits per heavy atom. The van der Waals surface area contributed by atoms with E-state index in [4.69, 9.17) is 4.74 Å². The summed E-state index contributed by atoms with van der Waals surface area (Å²) < 4.78 is 4.96. The zero-order valence-corrected chi connectivity index (χ0v) is 13.4. The lowest BCUT2D eigenvalue weighted by Gasteiger charge is -2.20. The highest BCUT2D eigenvalue weighted by atomic mass is 16.6. The fraction of sp³-hybridized carbons (Fsp3) is 0.500. The van der Waals surface area contributed by atoms with Gasteiger partial charge in [0.1, 0.15) is 0 Å². The minimum absolute atomic E-state index is 0.105. The Morgan fingerprint density at radius 3 is 1.87 bits per heavy atom. The van der Waals surface area contributed by atoms with Crippen molar-refractivity contribution in [2.45, 2.75) is 33.8 Å². The maximum atomic E-state index is 11.9. The van der Waals surface area contributed by atoms with Gasteiger partial charge in [-0.1, -0.05) is 0 Å². The van der Waals surface area contributed by atoms with E-state index in [1.807, 2.05) is 0 Å². The van der Waals surface area contributed by atoms with Crippen LogP contribution in [0, 0.1) is 20.2 Å². The molecule has 0 fully saturated rings. The lowest BCUT2D eigenvalue weighted by molar-refractivity contribution is -0.392. The van der Waals surface area contributed by atoms with E-state index in [0.29, 0.717) is 13.1 Å². The van der Waals surface area contributed by atoms with E-state index in [1.165, 1.54) is 4.90 Å². The topological polar surface area (TPSA) is 116 Å². The van der Waals surface area contributed by atoms with Gasteiger partial charge < -0.3 is 9.64 Å². The summed E-state index contributed by atoms with van der Waals surface area (Å²) in [5.74, 6) is -0.836. The van der Waals surface area contributed by atoms with Crippen LogP contribution >= 0.6 is 0 Å². The van der Waals surface area contributed by atoms with Crippen LogP contribution in [0.25, 0.3) is 0 Å². The minimum Gasteiger partial charge on any atom is -0.459 e. The van der Waals surface area contributed by atoms with Crippen molar-refractivity contribution in [1.82, 2.24) is 0 Å². The van der Waals surface area contributed by atoms with Crippen LogP contribution in [0.5, 0.6) is 0 Å². The van der Waals surface area contributed by atoms with Crippen molar-refractivity contribution < 1.29 is 19.4 Å². The first kappa shape index (κ1) is 18.3. The molecule has 0 atom stereocenters. The maximum Gasteiger partial charge on any atom is 0.338 e. The molecule has 0 heterocycles. The third-order valence-electron chi connectivity index (χ3n) is 3.12. The van der Waals surface area contributed by atoms with Crippen molar-refractivity contribution in [3.8, 4) is 0 Å². The second kappa shape index (κ2) is 7.52. The highest BCUT2D eigenvalue weighted by Gasteiger charge is 2.31. The van der Waals surface area contributed by atoms with Crippen LogP contribution < -0.4 is 4.90 Å². The fourth-order valence-corrected chi connectivity index (χ4v) is 2.15. The molecule has 1 rings (SSSR count). The van der Waals surface area contributed by atoms with Crippen LogP contribution in [0.2, 0.25) is 0 Å². The zero-order valence-electron chi connectivity index (χ0n) is 13.4. The predicted octanol–water partition coefficient (Wildman–Crippen LogP) is 2.91. The minimum atomic E-state index is -0.836. The molecule has 0 saturated heterocycles. The van der Waals surface area contributed by atoms with E-state index < -0.39 is 33.3 Å². The molecule has 0 N–H and O–H groups in total. The van der Waals surface area contributed by atoms with E-state index in [2.05, 4.69) is 0 Å². The van der Waals surface area contributed by atoms with E-state index >= 15 is 0 Å². The lowest BCUT2D eigenvalue weighted by atomic mass is 10.1. The second-order valence-electron chi connectivity index (χ2n) is 5.00. The summed E-state index contributed by atoms with van der Waals surface area (Å²) in [6.45, 7) is 7.41. The molecule has 0 spiro atoms. The third kappa shape index (κ3) is 4.15. The Balaban J connectivity index is 3.61. The molecule has 0 aliphatic heterocycles. The van der Waals surface area contributed by atoms with Crippen LogP contribution in [0.3, 0.4) is 0 Å². The highest BCUT2D eigenvalue weighted by Crippen LogP contribution is 2.38. The van der Waals surface area contributed by atoms with Gasteiger partial charge in [-0.3, -0.25) is 20.2 Å². The molecule has 9 nitrogen and oxygen atoms in total. The van der Waals surface area contributed by atoms with Crippen LogP contribution in [0.1, 0.15) is 38.1 Å². The largest absolute Gasteiger partial charge is 0.459 e. The van der Waals surface area contributed by atoms with Gasteiger partial charge in [0.2, 0.25) is 0 Å². The molecular formula is C14H19N3O6. The Kier molecular flexibility index (Phi) is 6.00. The van der Waals surface area contributed by atoms with Crippen molar-refractivity contribution in [2.75, 3.05) is 18.0 Å². The summed E-state index contributed by atoms with van der Waals surface area (Å²) >= 11 is 0. The number of rotatable bonds is 7. The highest BCUT2D eigenvalue weighted by molar-refractivity contribution is 5.94. The standard InChI is InChI=1S/C14H19N3O6/c1-5-15(6-2)13-11(16(19)20)7-10(8-12(13)17(21)22)14(18)23-9(3)4/h7-9H,5-6H2,1-4H3. The lowest BCUT2D eigenvalue weighted by Crippen LogP contribution is -2.24. The number of nitro groups is 2. The van der Waals surface area contributed by atoms with Crippen LogP contribution in [-0.2, 0) is 4.74 Å². The van der Waals surface area contributed by atoms with Crippen molar-refractivity contribution in [1.29, 1.82) is 0 Å². The molecule has 0 radical (unpaired) electrons. The van der Waals surface area contributed by atoms with Gasteiger partial charge in [-0.25, -0.2) is 4.79 Å². The monoisotopic (exact) mass is 325 g/mol. The normalized spacial score (nSPS) is 10.5. The van der Waals surface area contributed by atoms with Crippen LogP contribution in [0.15, 0.2) is 12.1 Å². The van der Waals surface area contributed by atoms with E-state index in [1.54, 1.807) is 27.7 Å². The summed E-state index contributed by atoms with van der Waals surface area (Å²) in [7, 11) is 0. The Morgan fingerprint density at radius 1 is 1.13 bits per heavy atom. The van der Waals surface area contributed by atoms with Gasteiger partial charge in [-0.2, -0.15) is 0 Å². The first-order valence-electron chi connectivity index (χ1n) is 7.15. The van der Waals surface area contributed by atoms with Gasteiger partial charge in [-0.05, 0) is 27.7 Å². The fourth-order valence-electron chi connectivity index (χ4n) is 2.15. The quantitative estimate of drug-likeness (QED) is 0.430. The maximum absolute atomic E-state index is 11.9. The first-order valence-corrected chi connectivity index (χ1v) is 7.15. The number of anilines is 1. The number of hydrogen-bond donors (Lipinski definition) is 0. The molecule has 0 aromatic heterocycles. The summed E-state index contributed by atoms with van der Waals surface area (Å²) in [6.07, 6.45) is -0.442. The average molecular weight is 325 g/mol. The van der Waals surface area contributed by atoms with Crippen molar-refractivity contribution >= 4 is 23.0 Å². The van der Waals surface area contributed by atoms with Gasteiger partial charge in [-0.15, -0.1) is 0 Å². The molecule has 0 bridgehead atoms. The number of esters is 1. The Hall–Kier alpha value is -2.71. The molecule has 23 heavy (non-hydrogen) atoms. The number of carbonyl (C=O) groups is 1. The summed E-state index contributed by atoms with van der Waals surface area (Å²) in [4.78, 5) is 34.7. The molecule has 0 aliphatic carbocycles. The van der Waals surface area contributed by atoms with Gasteiger partial charge in [0, 0.05) is 25.2 Å². The first-order chi connectivity index (χ1) is 10.7. The smallest absolute Gasteiger partial charge is 0.338 e. The second-order valence-corrected chi connectivity index (χ2v) is 5.00. The molecule has 1 aromatic rings. The van der Waals surface area contributed by atoms with Crippen LogP contribution in [0.4, 0.5) is 17.1 Å². The Bertz CT molecular complexity index is 590. The summed E-state index contributed by atoms with van der Waals surface area (Å²) in [5.41, 5.74) is -1.30. The summed E-state index contributed by atoms with van der Waals surface area (Å²) in [6, 6.07) is 2.04. The molecular weight excluding hydrogens is 306 g/mol. The van der Waals surface area contributed by atoms with E-state index in [-0.39, 0.29) is 11.3 Å². The number of carbonyl (C=O) groups excluding carboxylic acids is 1. The van der Waals surface area contributed by atoms with Gasteiger partial charge in [0.15, 0.2) is 5.69 Å². The average Bonchev–Trinajstić information content (AvgIpc) is 2.47. The number of nitrogens with zero attached hydrogens (tertiary/aromatic N) is 3. The van der Waals surface area contributed by atoms with Crippen molar-refractivity contribution in [3.63, 3.8) is 0 Å². The van der Waals surface area contributed by atoms with Crippen molar-refractivity contribution in [3.05, 3.63) is 37.9 Å². The number of benzene rings is 1. The predicted molar refractivity (Wildman–Crippen MR) is 83.9 cm³/mol. The third-order valence-corrected chi connectivity index (χ3v) is 3.12. The molecule has 1 aromatic carbocycles. The zero-order chi connectivity index (χ0) is 17.7. The number of ether oxygens (including phenoxy) is 1. The molecule has 0 aliphatic rings. The number of hydrogen-bond acceptors (Lipinski definition) is 7. The van der Waals surface area contributed by atoms with E-state index in [0.717, 1.165) is 12.1 Å². The number of nitro benzene ring substituents is 2. The SMILES string of the molecule is CCN(CC)c1c([N+](=O)[O-])cc(C(=O)OC(C)C)cc1[N+](=O)[O-]. The van der Waals surface area contributed by atoms with Gasteiger partial charge in [0.25, 0.3) is 0 Å².